The van der Waals surface area contributed by atoms with Crippen molar-refractivity contribution in [2.75, 3.05) is 23.8 Å². The van der Waals surface area contributed by atoms with Gasteiger partial charge in [-0.1, -0.05) is 17.7 Å². The van der Waals surface area contributed by atoms with E-state index >= 15 is 0 Å². The minimum absolute atomic E-state index is 0.0103. The molecule has 10 heteroatoms. The number of benzene rings is 3. The van der Waals surface area contributed by atoms with Crippen molar-refractivity contribution in [2.45, 2.75) is 4.90 Å². The maximum atomic E-state index is 13.2. The van der Waals surface area contributed by atoms with Crippen molar-refractivity contribution in [2.24, 2.45) is 0 Å². The number of anilines is 2. The third-order valence-electron chi connectivity index (χ3n) is 4.02. The summed E-state index contributed by atoms with van der Waals surface area (Å²) < 4.78 is 51.1. The summed E-state index contributed by atoms with van der Waals surface area (Å²) in [6.07, 6.45) is 0. The van der Waals surface area contributed by atoms with E-state index in [9.17, 15) is 17.6 Å². The van der Waals surface area contributed by atoms with Crippen molar-refractivity contribution in [3.05, 3.63) is 77.6 Å². The lowest BCUT2D eigenvalue weighted by Crippen LogP contribution is -2.20. The van der Waals surface area contributed by atoms with Crippen LogP contribution in [-0.4, -0.2) is 28.0 Å². The molecule has 0 saturated heterocycles. The van der Waals surface area contributed by atoms with Gasteiger partial charge in [-0.25, -0.2) is 12.8 Å². The van der Waals surface area contributed by atoms with Gasteiger partial charge in [0, 0.05) is 11.4 Å². The van der Waals surface area contributed by atoms with E-state index in [4.69, 9.17) is 21.1 Å². The number of ether oxygens (including phenoxy) is 2. The van der Waals surface area contributed by atoms with Gasteiger partial charge in [-0.05, 0) is 60.7 Å². The first-order valence-electron chi connectivity index (χ1n) is 8.91. The van der Waals surface area contributed by atoms with Crippen LogP contribution in [0, 0.1) is 5.82 Å². The fourth-order valence-corrected chi connectivity index (χ4v) is 3.93. The smallest absolute Gasteiger partial charge is 0.262 e. The van der Waals surface area contributed by atoms with Gasteiger partial charge in [-0.3, -0.25) is 9.52 Å². The molecule has 31 heavy (non-hydrogen) atoms. The summed E-state index contributed by atoms with van der Waals surface area (Å²) in [5.74, 6) is -0.297. The third-order valence-corrected chi connectivity index (χ3v) is 5.70. The number of carbonyl (C=O) groups is 1. The Bertz CT molecular complexity index is 1190. The van der Waals surface area contributed by atoms with E-state index in [2.05, 4.69) is 10.0 Å². The van der Waals surface area contributed by atoms with Gasteiger partial charge in [0.25, 0.3) is 15.9 Å². The van der Waals surface area contributed by atoms with Crippen LogP contribution in [0.1, 0.15) is 0 Å². The predicted octanol–water partition coefficient (Wildman–Crippen LogP) is 4.31. The number of carbonyl (C=O) groups excluding carboxylic acids is 1. The molecule has 3 aromatic carbocycles. The van der Waals surface area contributed by atoms with Crippen molar-refractivity contribution in [3.8, 4) is 11.5 Å². The van der Waals surface area contributed by atoms with E-state index in [1.165, 1.54) is 49.6 Å². The molecule has 0 saturated carbocycles. The summed E-state index contributed by atoms with van der Waals surface area (Å²) in [4.78, 5) is 11.9. The van der Waals surface area contributed by atoms with Crippen molar-refractivity contribution in [1.29, 1.82) is 0 Å². The predicted molar refractivity (Wildman–Crippen MR) is 116 cm³/mol. The quantitative estimate of drug-likeness (QED) is 0.518. The molecular weight excluding hydrogens is 447 g/mol. The van der Waals surface area contributed by atoms with Gasteiger partial charge in [-0.2, -0.15) is 0 Å². The van der Waals surface area contributed by atoms with Gasteiger partial charge in [0.2, 0.25) is 0 Å². The highest BCUT2D eigenvalue weighted by Crippen LogP contribution is 2.28. The van der Waals surface area contributed by atoms with Gasteiger partial charge in [0.1, 0.15) is 17.3 Å². The van der Waals surface area contributed by atoms with Crippen LogP contribution in [-0.2, 0) is 14.8 Å². The van der Waals surface area contributed by atoms with E-state index in [0.717, 1.165) is 0 Å². The normalized spacial score (nSPS) is 10.9. The van der Waals surface area contributed by atoms with Gasteiger partial charge in [-0.15, -0.1) is 0 Å². The first-order chi connectivity index (χ1) is 14.8. The van der Waals surface area contributed by atoms with Crippen molar-refractivity contribution in [3.63, 3.8) is 0 Å². The Kier molecular flexibility index (Phi) is 6.98. The minimum atomic E-state index is -3.89. The number of hydrogen-bond acceptors (Lipinski definition) is 5. The zero-order valence-electron chi connectivity index (χ0n) is 16.3. The molecule has 1 amide bonds. The van der Waals surface area contributed by atoms with Crippen molar-refractivity contribution in [1.82, 2.24) is 0 Å². The van der Waals surface area contributed by atoms with E-state index in [1.807, 2.05) is 0 Å². The summed E-state index contributed by atoms with van der Waals surface area (Å²) in [5, 5.41) is 2.49. The second-order valence-electron chi connectivity index (χ2n) is 6.27. The van der Waals surface area contributed by atoms with E-state index in [1.54, 1.807) is 24.3 Å². The topological polar surface area (TPSA) is 93.7 Å². The monoisotopic (exact) mass is 464 g/mol. The molecule has 3 aromatic rings. The van der Waals surface area contributed by atoms with Crippen LogP contribution in [0.15, 0.2) is 71.6 Å². The van der Waals surface area contributed by atoms with Crippen LogP contribution >= 0.6 is 11.6 Å². The Balaban J connectivity index is 1.63. The van der Waals surface area contributed by atoms with Gasteiger partial charge >= 0.3 is 0 Å². The average Bonchev–Trinajstić information content (AvgIpc) is 2.73. The zero-order chi connectivity index (χ0) is 22.4. The Morgan fingerprint density at radius 2 is 1.77 bits per heavy atom. The molecule has 0 bridgehead atoms. The Morgan fingerprint density at radius 1 is 1.03 bits per heavy atom. The van der Waals surface area contributed by atoms with E-state index in [0.29, 0.717) is 11.4 Å². The highest BCUT2D eigenvalue weighted by Gasteiger charge is 2.17. The second-order valence-corrected chi connectivity index (χ2v) is 8.36. The second kappa shape index (κ2) is 9.67. The lowest BCUT2D eigenvalue weighted by Gasteiger charge is -2.12. The van der Waals surface area contributed by atoms with Crippen LogP contribution in [0.25, 0.3) is 0 Å². The van der Waals surface area contributed by atoms with Gasteiger partial charge in [0.15, 0.2) is 6.61 Å². The standard InChI is InChI=1S/C21H18ClFN2O5S/c1-29-17-7-5-15(6-8-17)25-31(27,28)18-9-10-20(19(22)12-18)30-13-21(26)24-16-4-2-3-14(23)11-16/h2-12,25H,13H2,1H3,(H,24,26). The maximum absolute atomic E-state index is 13.2. The summed E-state index contributed by atoms with van der Waals surface area (Å²) in [7, 11) is -2.38. The summed E-state index contributed by atoms with van der Waals surface area (Å²) >= 11 is 6.13. The molecule has 2 N–H and O–H groups in total. The van der Waals surface area contributed by atoms with E-state index in [-0.39, 0.29) is 21.4 Å². The van der Waals surface area contributed by atoms with Crippen LogP contribution in [0.2, 0.25) is 5.02 Å². The average molecular weight is 465 g/mol. The number of hydrogen-bond donors (Lipinski definition) is 2. The number of sulfonamides is 1. The molecule has 0 fully saturated rings. The summed E-state index contributed by atoms with van der Waals surface area (Å²) in [6.45, 7) is -0.396. The minimum Gasteiger partial charge on any atom is -0.497 e. The number of methoxy groups -OCH3 is 1. The molecule has 0 heterocycles. The molecule has 0 aliphatic carbocycles. The largest absolute Gasteiger partial charge is 0.497 e. The molecule has 0 spiro atoms. The van der Waals surface area contributed by atoms with Crippen LogP contribution < -0.4 is 19.5 Å². The van der Waals surface area contributed by atoms with E-state index < -0.39 is 28.4 Å². The molecule has 0 radical (unpaired) electrons. The molecule has 7 nitrogen and oxygen atoms in total. The molecule has 162 valence electrons. The molecule has 0 aromatic heterocycles. The highest BCUT2D eigenvalue weighted by atomic mass is 35.5. The third kappa shape index (κ3) is 6.09. The number of nitrogens with one attached hydrogen (secondary N) is 2. The van der Waals surface area contributed by atoms with Crippen molar-refractivity contribution < 1.29 is 27.1 Å². The fraction of sp³-hybridized carbons (Fsp3) is 0.0952. The zero-order valence-corrected chi connectivity index (χ0v) is 17.8. The molecule has 0 aliphatic rings. The molecule has 0 unspecified atom stereocenters. The van der Waals surface area contributed by atoms with Crippen molar-refractivity contribution >= 4 is 38.9 Å². The summed E-state index contributed by atoms with van der Waals surface area (Å²) in [6, 6.07) is 15.6. The Hall–Kier alpha value is -3.30. The lowest BCUT2D eigenvalue weighted by molar-refractivity contribution is -0.118. The van der Waals surface area contributed by atoms with Crippen LogP contribution in [0.5, 0.6) is 11.5 Å². The SMILES string of the molecule is COc1ccc(NS(=O)(=O)c2ccc(OCC(=O)Nc3cccc(F)c3)c(Cl)c2)cc1. The number of halogens is 2. The Labute approximate surface area is 183 Å². The summed E-state index contributed by atoms with van der Waals surface area (Å²) in [5.41, 5.74) is 0.636. The first kappa shape index (κ1) is 22.4. The maximum Gasteiger partial charge on any atom is 0.262 e. The lowest BCUT2D eigenvalue weighted by atomic mass is 10.3. The Morgan fingerprint density at radius 3 is 2.42 bits per heavy atom. The number of rotatable bonds is 8. The number of amides is 1. The molecule has 3 rings (SSSR count). The molecule has 0 aliphatic heterocycles. The first-order valence-corrected chi connectivity index (χ1v) is 10.8. The van der Waals surface area contributed by atoms with Gasteiger partial charge in [0.05, 0.1) is 17.0 Å². The van der Waals surface area contributed by atoms with Crippen LogP contribution in [0.3, 0.4) is 0 Å². The molecule has 0 atom stereocenters. The molecular formula is C21H18ClFN2O5S. The van der Waals surface area contributed by atoms with Gasteiger partial charge < -0.3 is 14.8 Å². The highest BCUT2D eigenvalue weighted by molar-refractivity contribution is 7.92. The fourth-order valence-electron chi connectivity index (χ4n) is 2.55. The van der Waals surface area contributed by atoms with Crippen LogP contribution in [0.4, 0.5) is 15.8 Å².